The lowest BCUT2D eigenvalue weighted by Crippen LogP contribution is -2.45. The van der Waals surface area contributed by atoms with E-state index >= 15 is 0 Å². The fourth-order valence-electron chi connectivity index (χ4n) is 1.75. The zero-order valence-electron chi connectivity index (χ0n) is 6.52. The first kappa shape index (κ1) is 11.1. The highest BCUT2D eigenvalue weighted by molar-refractivity contribution is 5.85. The summed E-state index contributed by atoms with van der Waals surface area (Å²) >= 11 is 0. The molecule has 0 amide bonds. The van der Waals surface area contributed by atoms with E-state index in [0.29, 0.717) is 0 Å². The van der Waals surface area contributed by atoms with Crippen molar-refractivity contribution in [2.45, 2.75) is 38.7 Å². The number of rotatable bonds is 2. The first-order valence-electron chi connectivity index (χ1n) is 3.56. The van der Waals surface area contributed by atoms with Crippen molar-refractivity contribution in [2.24, 2.45) is 11.1 Å². The molecule has 1 aliphatic rings. The molecular formula is C7H14ClF2N. The predicted octanol–water partition coefficient (Wildman–Crippen LogP) is 2.19. The van der Waals surface area contributed by atoms with Crippen LogP contribution in [0.2, 0.25) is 0 Å². The molecule has 0 bridgehead atoms. The minimum Gasteiger partial charge on any atom is -0.328 e. The summed E-state index contributed by atoms with van der Waals surface area (Å²) in [5.74, 6) is 0. The Balaban J connectivity index is 0.000001000. The van der Waals surface area contributed by atoms with Gasteiger partial charge in [-0.3, -0.25) is 0 Å². The quantitative estimate of drug-likeness (QED) is 0.701. The van der Waals surface area contributed by atoms with Crippen LogP contribution in [0.3, 0.4) is 0 Å². The predicted molar refractivity (Wildman–Crippen MR) is 43.2 cm³/mol. The van der Waals surface area contributed by atoms with Gasteiger partial charge in [0, 0.05) is 12.5 Å². The van der Waals surface area contributed by atoms with Crippen molar-refractivity contribution in [1.29, 1.82) is 0 Å². The van der Waals surface area contributed by atoms with Gasteiger partial charge in [0.2, 0.25) is 6.43 Å². The van der Waals surface area contributed by atoms with Gasteiger partial charge in [0.05, 0.1) is 0 Å². The van der Waals surface area contributed by atoms with Gasteiger partial charge >= 0.3 is 0 Å². The van der Waals surface area contributed by atoms with Crippen molar-refractivity contribution in [3.63, 3.8) is 0 Å². The van der Waals surface area contributed by atoms with Crippen molar-refractivity contribution in [3.8, 4) is 0 Å². The van der Waals surface area contributed by atoms with Gasteiger partial charge < -0.3 is 5.73 Å². The molecule has 0 aromatic heterocycles. The first-order chi connectivity index (χ1) is 4.52. The maximum Gasteiger partial charge on any atom is 0.239 e. The monoisotopic (exact) mass is 185 g/mol. The lowest BCUT2D eigenvalue weighted by molar-refractivity contribution is 0.0244. The third-order valence-electron chi connectivity index (χ3n) is 2.16. The van der Waals surface area contributed by atoms with E-state index in [-0.39, 0.29) is 30.3 Å². The van der Waals surface area contributed by atoms with Crippen molar-refractivity contribution >= 4 is 12.4 Å². The van der Waals surface area contributed by atoms with Gasteiger partial charge in [-0.05, 0) is 18.3 Å². The Bertz CT molecular complexity index is 124. The zero-order chi connectivity index (χ0) is 7.78. The molecule has 0 radical (unpaired) electrons. The highest BCUT2D eigenvalue weighted by atomic mass is 35.5. The Labute approximate surface area is 71.7 Å². The normalized spacial score (nSPS) is 36.3. The van der Waals surface area contributed by atoms with E-state index in [4.69, 9.17) is 5.73 Å². The number of hydrogen-bond donors (Lipinski definition) is 1. The molecule has 1 saturated carbocycles. The number of nitrogens with two attached hydrogens (primary N) is 1. The Hall–Kier alpha value is 0.110. The molecule has 0 unspecified atom stereocenters. The van der Waals surface area contributed by atoms with Crippen LogP contribution in [-0.2, 0) is 0 Å². The van der Waals surface area contributed by atoms with Gasteiger partial charge in [-0.2, -0.15) is 0 Å². The van der Waals surface area contributed by atoms with Gasteiger partial charge in [-0.15, -0.1) is 12.4 Å². The SMILES string of the molecule is CC1(CC(F)F)CC(N)C1.Cl. The van der Waals surface area contributed by atoms with Crippen LogP contribution >= 0.6 is 12.4 Å². The molecule has 2 N–H and O–H groups in total. The molecule has 0 aromatic rings. The molecule has 1 nitrogen and oxygen atoms in total. The second-order valence-corrected chi connectivity index (χ2v) is 3.57. The lowest BCUT2D eigenvalue weighted by atomic mass is 9.65. The molecule has 0 saturated heterocycles. The Morgan fingerprint density at radius 3 is 2.27 bits per heavy atom. The lowest BCUT2D eigenvalue weighted by Gasteiger charge is -2.43. The third kappa shape index (κ3) is 2.91. The number of halogens is 3. The summed E-state index contributed by atoms with van der Waals surface area (Å²) in [4.78, 5) is 0. The summed E-state index contributed by atoms with van der Waals surface area (Å²) in [6, 6.07) is 0.170. The molecule has 11 heavy (non-hydrogen) atoms. The summed E-state index contributed by atoms with van der Waals surface area (Å²) in [6.07, 6.45) is -0.632. The average molecular weight is 186 g/mol. The van der Waals surface area contributed by atoms with E-state index in [2.05, 4.69) is 0 Å². The maximum absolute atomic E-state index is 11.8. The number of hydrogen-bond acceptors (Lipinski definition) is 1. The Kier molecular flexibility index (Phi) is 3.71. The first-order valence-corrected chi connectivity index (χ1v) is 3.56. The van der Waals surface area contributed by atoms with E-state index in [0.717, 1.165) is 12.8 Å². The van der Waals surface area contributed by atoms with Crippen LogP contribution in [-0.4, -0.2) is 12.5 Å². The van der Waals surface area contributed by atoms with Crippen molar-refractivity contribution < 1.29 is 8.78 Å². The van der Waals surface area contributed by atoms with Crippen LogP contribution in [0, 0.1) is 5.41 Å². The molecule has 0 atom stereocenters. The zero-order valence-corrected chi connectivity index (χ0v) is 7.33. The smallest absolute Gasteiger partial charge is 0.239 e. The summed E-state index contributed by atoms with van der Waals surface area (Å²) in [5, 5.41) is 0. The standard InChI is InChI=1S/C7H13F2N.ClH/c1-7(4-6(8)9)2-5(10)3-7;/h5-6H,2-4,10H2,1H3;1H. The summed E-state index contributed by atoms with van der Waals surface area (Å²) < 4.78 is 23.7. The number of alkyl halides is 2. The van der Waals surface area contributed by atoms with Crippen LogP contribution in [0.5, 0.6) is 0 Å². The Morgan fingerprint density at radius 2 is 2.00 bits per heavy atom. The van der Waals surface area contributed by atoms with E-state index in [1.165, 1.54) is 0 Å². The van der Waals surface area contributed by atoms with E-state index in [1.54, 1.807) is 0 Å². The van der Waals surface area contributed by atoms with Crippen molar-refractivity contribution in [1.82, 2.24) is 0 Å². The van der Waals surface area contributed by atoms with Crippen LogP contribution in [0.25, 0.3) is 0 Å². The van der Waals surface area contributed by atoms with Gasteiger partial charge in [0.15, 0.2) is 0 Å². The molecule has 1 rings (SSSR count). The largest absolute Gasteiger partial charge is 0.328 e. The molecule has 1 fully saturated rings. The highest BCUT2D eigenvalue weighted by Gasteiger charge is 2.39. The average Bonchev–Trinajstić information content (AvgIpc) is 1.57. The van der Waals surface area contributed by atoms with Crippen LogP contribution in [0.1, 0.15) is 26.2 Å². The summed E-state index contributed by atoms with van der Waals surface area (Å²) in [7, 11) is 0. The molecule has 0 aliphatic heterocycles. The molecule has 1 aliphatic carbocycles. The highest BCUT2D eigenvalue weighted by Crippen LogP contribution is 2.43. The minimum atomic E-state index is -2.17. The Morgan fingerprint density at radius 1 is 1.55 bits per heavy atom. The molecule has 4 heteroatoms. The van der Waals surface area contributed by atoms with Gasteiger partial charge in [0.1, 0.15) is 0 Å². The van der Waals surface area contributed by atoms with Crippen LogP contribution < -0.4 is 5.73 Å². The van der Waals surface area contributed by atoms with Crippen molar-refractivity contribution in [3.05, 3.63) is 0 Å². The fourth-order valence-corrected chi connectivity index (χ4v) is 1.75. The third-order valence-corrected chi connectivity index (χ3v) is 2.16. The van der Waals surface area contributed by atoms with Crippen molar-refractivity contribution in [2.75, 3.05) is 0 Å². The second-order valence-electron chi connectivity index (χ2n) is 3.57. The summed E-state index contributed by atoms with van der Waals surface area (Å²) in [6.45, 7) is 1.88. The van der Waals surface area contributed by atoms with Crippen LogP contribution in [0.15, 0.2) is 0 Å². The molecule has 0 heterocycles. The fraction of sp³-hybridized carbons (Fsp3) is 1.00. The topological polar surface area (TPSA) is 26.0 Å². The molecule has 68 valence electrons. The molecule has 0 aromatic carbocycles. The van der Waals surface area contributed by atoms with E-state index < -0.39 is 6.43 Å². The molecule has 0 spiro atoms. The second kappa shape index (κ2) is 3.68. The molecular weight excluding hydrogens is 172 g/mol. The van der Waals surface area contributed by atoms with Gasteiger partial charge in [0.25, 0.3) is 0 Å². The minimum absolute atomic E-state index is 0. The van der Waals surface area contributed by atoms with E-state index in [1.807, 2.05) is 6.92 Å². The van der Waals surface area contributed by atoms with Gasteiger partial charge in [-0.1, -0.05) is 6.92 Å². The van der Waals surface area contributed by atoms with E-state index in [9.17, 15) is 8.78 Å². The van der Waals surface area contributed by atoms with Crippen LogP contribution in [0.4, 0.5) is 8.78 Å². The van der Waals surface area contributed by atoms with Gasteiger partial charge in [-0.25, -0.2) is 8.78 Å². The summed E-state index contributed by atoms with van der Waals surface area (Å²) in [5.41, 5.74) is 5.33. The maximum atomic E-state index is 11.8.